The highest BCUT2D eigenvalue weighted by Crippen LogP contribution is 2.46. The molecule has 0 atom stereocenters. The summed E-state index contributed by atoms with van der Waals surface area (Å²) in [7, 11) is 0. The van der Waals surface area contributed by atoms with Crippen LogP contribution in [0, 0.1) is 21.7 Å². The van der Waals surface area contributed by atoms with Gasteiger partial charge < -0.3 is 4.42 Å². The highest BCUT2D eigenvalue weighted by Gasteiger charge is 2.37. The van der Waals surface area contributed by atoms with Gasteiger partial charge in [0.05, 0.1) is 0 Å². The number of allylic oxidation sites excluding steroid dienone is 10. The van der Waals surface area contributed by atoms with E-state index >= 15 is 0 Å². The van der Waals surface area contributed by atoms with E-state index in [4.69, 9.17) is 4.42 Å². The van der Waals surface area contributed by atoms with Gasteiger partial charge >= 0.3 is 0 Å². The van der Waals surface area contributed by atoms with Crippen molar-refractivity contribution < 1.29 is 14.0 Å². The second-order valence-corrected chi connectivity index (χ2v) is 19.8. The number of carbonyl (C=O) groups excluding carboxylic acids is 2. The van der Waals surface area contributed by atoms with Crippen molar-refractivity contribution in [3.63, 3.8) is 0 Å². The SMILES string of the molecule is CC(C)(C)C1=CC(=C(c2ccc(C(=C3C=C(C(C)(C)C)C(=O)C(C(C)(C)C)=C3)c3cccc4ccccc34)o2)c2cccc3ccccc23)C=C(C(C)(C)C)C1=O. The number of fused-ring (bicyclic) bond motifs is 2. The Balaban J connectivity index is 1.61. The van der Waals surface area contributed by atoms with Crippen LogP contribution in [0.2, 0.25) is 0 Å². The number of hydrogen-bond donors (Lipinski definition) is 0. The predicted molar refractivity (Wildman–Crippen MR) is 239 cm³/mol. The minimum atomic E-state index is -0.385. The summed E-state index contributed by atoms with van der Waals surface area (Å²) >= 11 is 0. The van der Waals surface area contributed by atoms with Crippen LogP contribution >= 0.6 is 0 Å². The van der Waals surface area contributed by atoms with E-state index in [1.165, 1.54) is 0 Å². The summed E-state index contributed by atoms with van der Waals surface area (Å²) in [5.41, 5.74) is 7.35. The van der Waals surface area contributed by atoms with Crippen LogP contribution in [0.1, 0.15) is 106 Å². The fourth-order valence-electron chi connectivity index (χ4n) is 8.13. The van der Waals surface area contributed by atoms with Gasteiger partial charge in [0.25, 0.3) is 0 Å². The molecule has 0 unspecified atom stereocenters. The fraction of sp³-hybridized carbons (Fsp3) is 0.296. The second kappa shape index (κ2) is 14.1. The first-order chi connectivity index (χ1) is 26.6. The van der Waals surface area contributed by atoms with E-state index in [1.54, 1.807) is 0 Å². The second-order valence-electron chi connectivity index (χ2n) is 19.8. The van der Waals surface area contributed by atoms with Crippen LogP contribution in [0.4, 0.5) is 0 Å². The van der Waals surface area contributed by atoms with Crippen LogP contribution in [0.15, 0.2) is 159 Å². The standard InChI is InChI=1S/C54H56O3/c1-51(2,3)41-29-35(30-42(49(41)55)52(4,5)6)47(39-25-17-21-33-19-13-15-23-37(33)39)45-27-28-46(57-45)48(40-26-18-22-34-20-14-16-24-38(34)40)36-31-43(53(7,8)9)50(56)44(32-36)54(10,11)12/h13-32H,1-12H3. The lowest BCUT2D eigenvalue weighted by molar-refractivity contribution is -0.114. The van der Waals surface area contributed by atoms with Crippen LogP contribution < -0.4 is 0 Å². The molecule has 1 heterocycles. The quantitative estimate of drug-likeness (QED) is 0.184. The third-order valence-corrected chi connectivity index (χ3v) is 11.2. The Morgan fingerprint density at radius 3 is 1.00 bits per heavy atom. The minimum absolute atomic E-state index is 0.0915. The Hall–Kier alpha value is -5.54. The molecule has 0 N–H and O–H groups in total. The van der Waals surface area contributed by atoms with Gasteiger partial charge in [0.2, 0.25) is 0 Å². The summed E-state index contributed by atoms with van der Waals surface area (Å²) in [6.07, 6.45) is 8.35. The largest absolute Gasteiger partial charge is 0.456 e. The number of furan rings is 1. The van der Waals surface area contributed by atoms with E-state index < -0.39 is 0 Å². The first-order valence-electron chi connectivity index (χ1n) is 20.2. The van der Waals surface area contributed by atoms with Crippen molar-refractivity contribution >= 4 is 44.3 Å². The lowest BCUT2D eigenvalue weighted by Crippen LogP contribution is -2.28. The molecule has 0 spiro atoms. The molecule has 2 aliphatic rings. The molecule has 4 aromatic carbocycles. The minimum Gasteiger partial charge on any atom is -0.456 e. The number of rotatable bonds is 4. The van der Waals surface area contributed by atoms with Gasteiger partial charge in [-0.3, -0.25) is 9.59 Å². The van der Waals surface area contributed by atoms with Gasteiger partial charge in [-0.05, 0) is 102 Å². The highest BCUT2D eigenvalue weighted by molar-refractivity contribution is 6.14. The van der Waals surface area contributed by atoms with Crippen LogP contribution in [-0.2, 0) is 9.59 Å². The first kappa shape index (κ1) is 39.7. The molecule has 7 rings (SSSR count). The van der Waals surface area contributed by atoms with E-state index in [-0.39, 0.29) is 33.2 Å². The molecule has 0 amide bonds. The fourth-order valence-corrected chi connectivity index (χ4v) is 8.13. The number of Topliss-reactive ketones (excluding diaryl/α,β-unsaturated/α-hetero) is 2. The molecule has 57 heavy (non-hydrogen) atoms. The van der Waals surface area contributed by atoms with E-state index in [0.29, 0.717) is 11.5 Å². The highest BCUT2D eigenvalue weighted by atomic mass is 16.3. The number of hydrogen-bond acceptors (Lipinski definition) is 3. The van der Waals surface area contributed by atoms with Crippen molar-refractivity contribution in [1.82, 2.24) is 0 Å². The maximum Gasteiger partial charge on any atom is 0.186 e. The van der Waals surface area contributed by atoms with Gasteiger partial charge in [-0.1, -0.05) is 168 Å². The maximum atomic E-state index is 14.2. The van der Waals surface area contributed by atoms with Crippen molar-refractivity contribution in [2.24, 2.45) is 21.7 Å². The summed E-state index contributed by atoms with van der Waals surface area (Å²) in [6.45, 7) is 25.3. The zero-order valence-electron chi connectivity index (χ0n) is 35.8. The zero-order chi connectivity index (χ0) is 41.2. The Morgan fingerprint density at radius 2 is 0.684 bits per heavy atom. The molecule has 5 aromatic rings. The van der Waals surface area contributed by atoms with E-state index in [1.807, 2.05) is 0 Å². The molecule has 0 radical (unpaired) electrons. The zero-order valence-corrected chi connectivity index (χ0v) is 35.8. The smallest absolute Gasteiger partial charge is 0.186 e. The van der Waals surface area contributed by atoms with Crippen LogP contribution in [0.5, 0.6) is 0 Å². The summed E-state index contributed by atoms with van der Waals surface area (Å²) in [6, 6.07) is 33.8. The molecule has 1 aromatic heterocycles. The number of benzene rings is 4. The van der Waals surface area contributed by atoms with Crippen molar-refractivity contribution in [3.05, 3.63) is 177 Å². The normalized spacial score (nSPS) is 15.8. The van der Waals surface area contributed by atoms with Gasteiger partial charge in [-0.2, -0.15) is 0 Å². The summed E-state index contributed by atoms with van der Waals surface area (Å²) in [5, 5.41) is 4.44. The van der Waals surface area contributed by atoms with Crippen LogP contribution in [0.25, 0.3) is 32.7 Å². The van der Waals surface area contributed by atoms with Crippen molar-refractivity contribution in [3.8, 4) is 0 Å². The lowest BCUT2D eigenvalue weighted by atomic mass is 9.71. The van der Waals surface area contributed by atoms with Gasteiger partial charge in [-0.25, -0.2) is 0 Å². The maximum absolute atomic E-state index is 14.2. The monoisotopic (exact) mass is 752 g/mol. The molecular weight excluding hydrogens is 697 g/mol. The van der Waals surface area contributed by atoms with Gasteiger partial charge in [0.1, 0.15) is 11.5 Å². The molecule has 0 saturated carbocycles. The van der Waals surface area contributed by atoms with E-state index in [0.717, 1.165) is 77.3 Å². The molecule has 0 bridgehead atoms. The molecule has 0 fully saturated rings. The molecule has 0 aliphatic heterocycles. The summed E-state index contributed by atoms with van der Waals surface area (Å²) in [4.78, 5) is 28.4. The Bertz CT molecular complexity index is 2400. The molecule has 3 heteroatoms. The van der Waals surface area contributed by atoms with Crippen molar-refractivity contribution in [1.29, 1.82) is 0 Å². The molecule has 3 nitrogen and oxygen atoms in total. The van der Waals surface area contributed by atoms with Gasteiger partial charge in [-0.15, -0.1) is 0 Å². The van der Waals surface area contributed by atoms with Crippen LogP contribution in [0.3, 0.4) is 0 Å². The van der Waals surface area contributed by atoms with Crippen molar-refractivity contribution in [2.45, 2.75) is 83.1 Å². The van der Waals surface area contributed by atoms with Gasteiger partial charge in [0, 0.05) is 33.4 Å². The summed E-state index contributed by atoms with van der Waals surface area (Å²) in [5.74, 6) is 1.58. The molecule has 2 aliphatic carbocycles. The first-order valence-corrected chi connectivity index (χ1v) is 20.2. The van der Waals surface area contributed by atoms with Crippen molar-refractivity contribution in [2.75, 3.05) is 0 Å². The molecule has 0 saturated heterocycles. The predicted octanol–water partition coefficient (Wildman–Crippen LogP) is 14.2. The molecular formula is C54H56O3. The Kier molecular flexibility index (Phi) is 9.84. The number of ketones is 2. The Morgan fingerprint density at radius 1 is 0.386 bits per heavy atom. The average Bonchev–Trinajstić information content (AvgIpc) is 3.60. The summed E-state index contributed by atoms with van der Waals surface area (Å²) < 4.78 is 7.26. The topological polar surface area (TPSA) is 47.3 Å². The van der Waals surface area contributed by atoms with E-state index in [2.05, 4.69) is 204 Å². The lowest BCUT2D eigenvalue weighted by Gasteiger charge is -2.32. The van der Waals surface area contributed by atoms with E-state index in [9.17, 15) is 9.59 Å². The third kappa shape index (κ3) is 7.53. The number of carbonyl (C=O) groups is 2. The Labute approximate surface area is 339 Å². The third-order valence-electron chi connectivity index (χ3n) is 11.2. The molecule has 290 valence electrons. The van der Waals surface area contributed by atoms with Crippen LogP contribution in [-0.4, -0.2) is 11.6 Å². The average molecular weight is 753 g/mol. The van der Waals surface area contributed by atoms with Gasteiger partial charge in [0.15, 0.2) is 11.6 Å².